The summed E-state index contributed by atoms with van der Waals surface area (Å²) in [7, 11) is 0. The summed E-state index contributed by atoms with van der Waals surface area (Å²) < 4.78 is 7.46. The first-order valence-electron chi connectivity index (χ1n) is 11.7. The quantitative estimate of drug-likeness (QED) is 0.492. The number of halogens is 1. The van der Waals surface area contributed by atoms with Crippen molar-refractivity contribution in [2.75, 3.05) is 13.1 Å². The van der Waals surface area contributed by atoms with Gasteiger partial charge in [-0.3, -0.25) is 19.2 Å². The zero-order chi connectivity index (χ0) is 22.6. The third-order valence-corrected chi connectivity index (χ3v) is 6.63. The molecule has 6 heteroatoms. The van der Waals surface area contributed by atoms with Gasteiger partial charge in [0.1, 0.15) is 12.4 Å². The number of nitrogens with zero attached hydrogens (tertiary/aromatic N) is 3. The third kappa shape index (κ3) is 5.37. The molecule has 170 valence electrons. The van der Waals surface area contributed by atoms with E-state index in [2.05, 4.69) is 34.2 Å². The van der Waals surface area contributed by atoms with Crippen LogP contribution in [0.15, 0.2) is 59.7 Å². The van der Waals surface area contributed by atoms with E-state index >= 15 is 0 Å². The van der Waals surface area contributed by atoms with E-state index in [4.69, 9.17) is 16.3 Å². The van der Waals surface area contributed by atoms with Crippen LogP contribution in [0.25, 0.3) is 11.8 Å². The Kier molecular flexibility index (Phi) is 6.60. The van der Waals surface area contributed by atoms with E-state index in [0.29, 0.717) is 10.8 Å². The highest BCUT2D eigenvalue weighted by atomic mass is 35.5. The van der Waals surface area contributed by atoms with E-state index < -0.39 is 0 Å². The summed E-state index contributed by atoms with van der Waals surface area (Å²) in [5.41, 5.74) is 5.66. The second-order valence-corrected chi connectivity index (χ2v) is 9.27. The lowest BCUT2D eigenvalue weighted by Gasteiger charge is -2.27. The van der Waals surface area contributed by atoms with E-state index in [1.807, 2.05) is 12.1 Å². The summed E-state index contributed by atoms with van der Waals surface area (Å²) >= 11 is 5.87. The lowest BCUT2D eigenvalue weighted by Crippen LogP contribution is -2.29. The minimum Gasteiger partial charge on any atom is -0.487 e. The number of aromatic nitrogens is 2. The van der Waals surface area contributed by atoms with E-state index in [1.54, 1.807) is 23.0 Å². The smallest absolute Gasteiger partial charge is 0.258 e. The van der Waals surface area contributed by atoms with Crippen molar-refractivity contribution in [2.24, 2.45) is 0 Å². The highest BCUT2D eigenvalue weighted by Crippen LogP contribution is 2.28. The second-order valence-electron chi connectivity index (χ2n) is 8.83. The van der Waals surface area contributed by atoms with Crippen molar-refractivity contribution in [1.29, 1.82) is 0 Å². The van der Waals surface area contributed by atoms with E-state index in [0.717, 1.165) is 30.8 Å². The van der Waals surface area contributed by atoms with Crippen LogP contribution in [0.1, 0.15) is 48.1 Å². The Morgan fingerprint density at radius 2 is 1.88 bits per heavy atom. The Bertz CT molecular complexity index is 1210. The van der Waals surface area contributed by atoms with Crippen molar-refractivity contribution >= 4 is 23.4 Å². The van der Waals surface area contributed by atoms with Crippen molar-refractivity contribution < 1.29 is 4.74 Å². The predicted molar refractivity (Wildman–Crippen MR) is 132 cm³/mol. The number of rotatable bonds is 6. The molecule has 0 spiro atoms. The molecule has 1 aliphatic carbocycles. The zero-order valence-corrected chi connectivity index (χ0v) is 19.4. The molecule has 0 amide bonds. The zero-order valence-electron chi connectivity index (χ0n) is 18.7. The average molecular weight is 462 g/mol. The first kappa shape index (κ1) is 21.9. The molecule has 1 saturated heterocycles. The van der Waals surface area contributed by atoms with Crippen molar-refractivity contribution in [3.05, 3.63) is 92.6 Å². The highest BCUT2D eigenvalue weighted by molar-refractivity contribution is 6.30. The Morgan fingerprint density at radius 3 is 2.67 bits per heavy atom. The number of aryl methyl sites for hydroxylation is 1. The molecular formula is C27H28ClN3O2. The topological polar surface area (TPSA) is 47.4 Å². The van der Waals surface area contributed by atoms with Gasteiger partial charge in [-0.15, -0.1) is 0 Å². The van der Waals surface area contributed by atoms with Gasteiger partial charge in [-0.05, 0) is 79.7 Å². The van der Waals surface area contributed by atoms with Gasteiger partial charge in [0.2, 0.25) is 0 Å². The summed E-state index contributed by atoms with van der Waals surface area (Å²) in [6, 6.07) is 13.7. The molecule has 0 N–H and O–H groups in total. The fourth-order valence-corrected chi connectivity index (χ4v) is 4.74. The van der Waals surface area contributed by atoms with Gasteiger partial charge < -0.3 is 4.74 Å². The van der Waals surface area contributed by atoms with E-state index in [1.165, 1.54) is 55.1 Å². The first-order valence-corrected chi connectivity index (χ1v) is 12.0. The van der Waals surface area contributed by atoms with Crippen LogP contribution in [-0.2, 0) is 19.6 Å². The second kappa shape index (κ2) is 9.94. The average Bonchev–Trinajstić information content (AvgIpc) is 2.84. The molecule has 5 rings (SSSR count). The Morgan fingerprint density at radius 1 is 1.00 bits per heavy atom. The fraction of sp³-hybridized carbons (Fsp3) is 0.333. The summed E-state index contributed by atoms with van der Waals surface area (Å²) in [4.78, 5) is 19.6. The van der Waals surface area contributed by atoms with Gasteiger partial charge in [0.15, 0.2) is 0 Å². The summed E-state index contributed by atoms with van der Waals surface area (Å²) in [5, 5.41) is 0.585. The van der Waals surface area contributed by atoms with Crippen LogP contribution >= 0.6 is 11.6 Å². The Hall–Kier alpha value is -2.89. The molecule has 0 radical (unpaired) electrons. The van der Waals surface area contributed by atoms with E-state index in [-0.39, 0.29) is 12.2 Å². The molecule has 0 bridgehead atoms. The normalized spacial score (nSPS) is 16.2. The standard InChI is InChI=1S/C27H28ClN3O2/c28-23-7-8-24(29-17-23)19-33-26-10-13-31(27(32)16-26)25-9-6-21-14-20(4-5-22(21)15-25)18-30-11-2-1-3-12-30/h4-5,7-8,10,13-17H,1-3,6,9,11-12,18-19H2. The van der Waals surface area contributed by atoms with Gasteiger partial charge in [-0.1, -0.05) is 36.2 Å². The summed E-state index contributed by atoms with van der Waals surface area (Å²) in [6.45, 7) is 3.74. The molecule has 2 aromatic heterocycles. The van der Waals surface area contributed by atoms with E-state index in [9.17, 15) is 4.79 Å². The number of benzene rings is 1. The maximum absolute atomic E-state index is 12.8. The van der Waals surface area contributed by atoms with Crippen molar-refractivity contribution in [3.63, 3.8) is 0 Å². The molecule has 33 heavy (non-hydrogen) atoms. The number of pyridine rings is 2. The molecule has 3 heterocycles. The molecule has 1 aromatic carbocycles. The molecular weight excluding hydrogens is 434 g/mol. The van der Waals surface area contributed by atoms with Gasteiger partial charge in [0, 0.05) is 30.7 Å². The third-order valence-electron chi connectivity index (χ3n) is 6.41. The minimum absolute atomic E-state index is 0.0898. The van der Waals surface area contributed by atoms with Gasteiger partial charge in [-0.2, -0.15) is 0 Å². The lowest BCUT2D eigenvalue weighted by molar-refractivity contribution is 0.221. The molecule has 0 atom stereocenters. The monoisotopic (exact) mass is 461 g/mol. The molecule has 2 aliphatic rings. The summed E-state index contributed by atoms with van der Waals surface area (Å²) in [6.07, 6.45) is 11.3. The number of allylic oxidation sites excluding steroid dienone is 1. The van der Waals surface area contributed by atoms with Gasteiger partial charge in [0.25, 0.3) is 5.56 Å². The van der Waals surface area contributed by atoms with Crippen LogP contribution in [0.3, 0.4) is 0 Å². The van der Waals surface area contributed by atoms with Crippen molar-refractivity contribution in [3.8, 4) is 5.75 Å². The molecule has 0 saturated carbocycles. The molecule has 5 nitrogen and oxygen atoms in total. The molecule has 1 aliphatic heterocycles. The Labute approximate surface area is 199 Å². The molecule has 0 unspecified atom stereocenters. The molecule has 1 fully saturated rings. The van der Waals surface area contributed by atoms with Crippen LogP contribution in [0.5, 0.6) is 5.75 Å². The summed E-state index contributed by atoms with van der Waals surface area (Å²) in [5.74, 6) is 0.534. The number of likely N-dealkylation sites (tertiary alicyclic amines) is 1. The first-order chi connectivity index (χ1) is 16.1. The largest absolute Gasteiger partial charge is 0.487 e. The number of piperidine rings is 1. The number of ether oxygens (including phenoxy) is 1. The van der Waals surface area contributed by atoms with Crippen molar-refractivity contribution in [2.45, 2.75) is 45.3 Å². The number of fused-ring (bicyclic) bond motifs is 1. The number of hydrogen-bond acceptors (Lipinski definition) is 4. The van der Waals surface area contributed by atoms with Crippen LogP contribution in [-0.4, -0.2) is 27.5 Å². The van der Waals surface area contributed by atoms with Crippen LogP contribution in [0, 0.1) is 0 Å². The van der Waals surface area contributed by atoms with Crippen molar-refractivity contribution in [1.82, 2.24) is 14.5 Å². The van der Waals surface area contributed by atoms with Gasteiger partial charge >= 0.3 is 0 Å². The van der Waals surface area contributed by atoms with Gasteiger partial charge in [-0.25, -0.2) is 0 Å². The highest BCUT2D eigenvalue weighted by Gasteiger charge is 2.15. The van der Waals surface area contributed by atoms with Gasteiger partial charge in [0.05, 0.1) is 10.7 Å². The fourth-order valence-electron chi connectivity index (χ4n) is 4.63. The predicted octanol–water partition coefficient (Wildman–Crippen LogP) is 5.41. The molecule has 3 aromatic rings. The minimum atomic E-state index is -0.0898. The number of hydrogen-bond donors (Lipinski definition) is 0. The lowest BCUT2D eigenvalue weighted by atomic mass is 9.93. The Balaban J connectivity index is 1.27. The van der Waals surface area contributed by atoms with Crippen LogP contribution in [0.2, 0.25) is 5.02 Å². The van der Waals surface area contributed by atoms with Crippen LogP contribution in [0.4, 0.5) is 0 Å². The maximum atomic E-state index is 12.8. The SMILES string of the molecule is O=c1cc(OCc2ccc(Cl)cn2)ccn1C1=Cc2ccc(CN3CCCCC3)cc2CC1. The van der Waals surface area contributed by atoms with Crippen LogP contribution < -0.4 is 10.3 Å². The maximum Gasteiger partial charge on any atom is 0.258 e.